The van der Waals surface area contributed by atoms with E-state index in [1.165, 1.54) is 31.5 Å². The van der Waals surface area contributed by atoms with Crippen molar-refractivity contribution in [2.45, 2.75) is 35.4 Å². The lowest BCUT2D eigenvalue weighted by Gasteiger charge is -2.47. The maximum Gasteiger partial charge on any atom is 0.232 e. The van der Waals surface area contributed by atoms with Gasteiger partial charge in [0.1, 0.15) is 17.2 Å². The molecule has 3 atom stereocenters. The SMILES string of the molecule is COc1cnc2c(Nc3ccc(F)c([C@]45N=C(N)C(C)(C)S[C@@]4(O)COC5O)c3)nccc2n1. The number of rotatable bonds is 4. The zero-order valence-corrected chi connectivity index (χ0v) is 19.4. The van der Waals surface area contributed by atoms with Crippen LogP contribution in [0, 0.1) is 5.82 Å². The molecule has 0 bridgehead atoms. The van der Waals surface area contributed by atoms with Crippen molar-refractivity contribution in [3.8, 4) is 5.88 Å². The van der Waals surface area contributed by atoms with Crippen LogP contribution in [0.25, 0.3) is 11.0 Å². The summed E-state index contributed by atoms with van der Waals surface area (Å²) in [5, 5.41) is 25.4. The second-order valence-electron chi connectivity index (χ2n) is 8.58. The number of pyridine rings is 1. The molecule has 0 saturated carbocycles. The molecule has 1 saturated heterocycles. The number of hydrogen-bond donors (Lipinski definition) is 4. The van der Waals surface area contributed by atoms with Crippen LogP contribution in [0.4, 0.5) is 15.9 Å². The van der Waals surface area contributed by atoms with Crippen molar-refractivity contribution in [2.75, 3.05) is 19.0 Å². The average Bonchev–Trinajstić information content (AvgIpc) is 3.05. The molecule has 1 aromatic carbocycles. The van der Waals surface area contributed by atoms with Crippen LogP contribution in [0.15, 0.2) is 41.7 Å². The summed E-state index contributed by atoms with van der Waals surface area (Å²) in [6.45, 7) is 3.33. The number of nitrogens with one attached hydrogen (secondary N) is 1. The second-order valence-corrected chi connectivity index (χ2v) is 10.5. The van der Waals surface area contributed by atoms with Gasteiger partial charge in [-0.15, -0.1) is 11.8 Å². The largest absolute Gasteiger partial charge is 0.480 e. The highest BCUT2D eigenvalue weighted by atomic mass is 32.2. The molecule has 0 amide bonds. The molecular weight excluding hydrogens is 463 g/mol. The standard InChI is InChI=1S/C22H23FN6O4S/c1-20(2)18(24)29-22(19(30)33-10-21(22,31)34-20)12-8-11(4-5-13(12)23)27-17-16-14(6-7-25-17)28-15(32-3)9-26-16/h4-9,19,30-31H,10H2,1-3H3,(H2,24,29)(H,25,27)/t19?,21-,22+/m0/s1. The minimum absolute atomic E-state index is 0.0658. The zero-order chi connectivity index (χ0) is 24.3. The number of nitrogens with two attached hydrogens (primary N) is 1. The summed E-state index contributed by atoms with van der Waals surface area (Å²) in [6, 6.07) is 5.86. The van der Waals surface area contributed by atoms with Gasteiger partial charge in [0, 0.05) is 17.4 Å². The summed E-state index contributed by atoms with van der Waals surface area (Å²) < 4.78 is 25.0. The van der Waals surface area contributed by atoms with Crippen LogP contribution in [0.1, 0.15) is 19.4 Å². The van der Waals surface area contributed by atoms with E-state index in [1.807, 2.05) is 0 Å². The van der Waals surface area contributed by atoms with Crippen LogP contribution >= 0.6 is 11.8 Å². The number of amidine groups is 1. The van der Waals surface area contributed by atoms with Crippen LogP contribution in [0.3, 0.4) is 0 Å². The van der Waals surface area contributed by atoms with Gasteiger partial charge < -0.3 is 30.7 Å². The van der Waals surface area contributed by atoms with Gasteiger partial charge in [-0.2, -0.15) is 0 Å². The summed E-state index contributed by atoms with van der Waals surface area (Å²) in [6.07, 6.45) is 1.41. The number of hydrogen-bond acceptors (Lipinski definition) is 11. The van der Waals surface area contributed by atoms with Gasteiger partial charge in [0.25, 0.3) is 0 Å². The van der Waals surface area contributed by atoms with Gasteiger partial charge in [0.2, 0.25) is 5.88 Å². The smallest absolute Gasteiger partial charge is 0.232 e. The number of ether oxygens (including phenoxy) is 2. The number of halogens is 1. The first-order chi connectivity index (χ1) is 16.1. The number of fused-ring (bicyclic) bond motifs is 2. The molecule has 5 N–H and O–H groups in total. The molecule has 2 aliphatic heterocycles. The van der Waals surface area contributed by atoms with Crippen LogP contribution < -0.4 is 15.8 Å². The van der Waals surface area contributed by atoms with Gasteiger partial charge in [-0.3, -0.25) is 4.99 Å². The van der Waals surface area contributed by atoms with E-state index in [-0.39, 0.29) is 18.0 Å². The summed E-state index contributed by atoms with van der Waals surface area (Å²) >= 11 is 1.08. The summed E-state index contributed by atoms with van der Waals surface area (Å²) in [7, 11) is 1.50. The minimum Gasteiger partial charge on any atom is -0.480 e. The molecule has 1 fully saturated rings. The first kappa shape index (κ1) is 22.7. The number of methoxy groups -OCH3 is 1. The highest BCUT2D eigenvalue weighted by molar-refractivity contribution is 8.02. The normalized spacial score (nSPS) is 27.8. The Bertz CT molecular complexity index is 1320. The highest BCUT2D eigenvalue weighted by Crippen LogP contribution is 2.58. The quantitative estimate of drug-likeness (QED) is 0.432. The van der Waals surface area contributed by atoms with E-state index >= 15 is 4.39 Å². The first-order valence-corrected chi connectivity index (χ1v) is 11.2. The number of aliphatic imine (C=N–C) groups is 1. The highest BCUT2D eigenvalue weighted by Gasteiger charge is 2.68. The lowest BCUT2D eigenvalue weighted by atomic mass is 9.84. The molecule has 5 rings (SSSR count). The number of benzene rings is 1. The predicted molar refractivity (Wildman–Crippen MR) is 125 cm³/mol. The van der Waals surface area contributed by atoms with E-state index in [9.17, 15) is 10.2 Å². The van der Waals surface area contributed by atoms with E-state index in [4.69, 9.17) is 15.2 Å². The van der Waals surface area contributed by atoms with Crippen LogP contribution in [0.5, 0.6) is 5.88 Å². The molecule has 3 aromatic rings. The van der Waals surface area contributed by atoms with Crippen molar-refractivity contribution >= 4 is 40.1 Å². The van der Waals surface area contributed by atoms with E-state index < -0.39 is 27.3 Å². The van der Waals surface area contributed by atoms with Crippen LogP contribution in [0.2, 0.25) is 0 Å². The predicted octanol–water partition coefficient (Wildman–Crippen LogP) is 2.03. The van der Waals surface area contributed by atoms with Gasteiger partial charge in [-0.25, -0.2) is 19.3 Å². The minimum atomic E-state index is -1.86. The molecule has 2 aliphatic rings. The van der Waals surface area contributed by atoms with E-state index in [0.29, 0.717) is 28.4 Å². The Morgan fingerprint density at radius 1 is 1.29 bits per heavy atom. The Morgan fingerprint density at radius 3 is 2.85 bits per heavy atom. The third kappa shape index (κ3) is 3.28. The number of aliphatic hydroxyl groups excluding tert-OH is 1. The topological polar surface area (TPSA) is 148 Å². The molecule has 2 aromatic heterocycles. The third-order valence-corrected chi connectivity index (χ3v) is 7.50. The van der Waals surface area contributed by atoms with E-state index in [2.05, 4.69) is 25.3 Å². The lowest BCUT2D eigenvalue weighted by Crippen LogP contribution is -2.59. The first-order valence-electron chi connectivity index (χ1n) is 10.4. The summed E-state index contributed by atoms with van der Waals surface area (Å²) in [5.41, 5.74) is 5.71. The molecule has 178 valence electrons. The van der Waals surface area contributed by atoms with Crippen molar-refractivity contribution in [3.05, 3.63) is 48.0 Å². The molecule has 4 heterocycles. The van der Waals surface area contributed by atoms with Gasteiger partial charge in [-0.05, 0) is 38.1 Å². The Kier molecular flexibility index (Phi) is 5.17. The fourth-order valence-electron chi connectivity index (χ4n) is 4.22. The number of aromatic nitrogens is 3. The van der Waals surface area contributed by atoms with Crippen molar-refractivity contribution in [1.82, 2.24) is 15.0 Å². The molecule has 34 heavy (non-hydrogen) atoms. The Morgan fingerprint density at radius 2 is 2.09 bits per heavy atom. The number of aliphatic hydroxyl groups is 2. The molecule has 1 unspecified atom stereocenters. The van der Waals surface area contributed by atoms with Crippen molar-refractivity contribution < 1.29 is 24.1 Å². The van der Waals surface area contributed by atoms with E-state index in [0.717, 1.165) is 11.8 Å². The molecule has 10 nitrogen and oxygen atoms in total. The zero-order valence-electron chi connectivity index (χ0n) is 18.6. The van der Waals surface area contributed by atoms with Crippen molar-refractivity contribution in [2.24, 2.45) is 10.7 Å². The molecule has 0 aliphatic carbocycles. The number of thioether (sulfide) groups is 1. The average molecular weight is 487 g/mol. The maximum absolute atomic E-state index is 15.2. The number of nitrogens with zero attached hydrogens (tertiary/aromatic N) is 4. The van der Waals surface area contributed by atoms with Crippen LogP contribution in [-0.2, 0) is 10.3 Å². The molecular formula is C22H23FN6O4S. The fourth-order valence-corrected chi connectivity index (χ4v) is 5.75. The lowest BCUT2D eigenvalue weighted by molar-refractivity contribution is -0.0945. The summed E-state index contributed by atoms with van der Waals surface area (Å²) in [4.78, 5) is 15.7. The Balaban J connectivity index is 1.62. The second kappa shape index (κ2) is 7.73. The van der Waals surface area contributed by atoms with Crippen molar-refractivity contribution in [3.63, 3.8) is 0 Å². The maximum atomic E-state index is 15.2. The number of anilines is 2. The molecule has 0 spiro atoms. The van der Waals surface area contributed by atoms with Gasteiger partial charge in [0.15, 0.2) is 22.6 Å². The Labute approximate surface area is 198 Å². The van der Waals surface area contributed by atoms with Crippen molar-refractivity contribution in [1.29, 1.82) is 0 Å². The van der Waals surface area contributed by atoms with E-state index in [1.54, 1.807) is 26.1 Å². The monoisotopic (exact) mass is 486 g/mol. The molecule has 0 radical (unpaired) electrons. The Hall–Kier alpha value is -3.06. The summed E-state index contributed by atoms with van der Waals surface area (Å²) in [5.74, 6) is 0.212. The van der Waals surface area contributed by atoms with Gasteiger partial charge in [0.05, 0.1) is 30.2 Å². The third-order valence-electron chi connectivity index (χ3n) is 6.01. The molecule has 12 heteroatoms. The van der Waals surface area contributed by atoms with Gasteiger partial charge in [-0.1, -0.05) is 0 Å². The van der Waals surface area contributed by atoms with Crippen LogP contribution in [-0.4, -0.2) is 60.7 Å². The fraction of sp³-hybridized carbons (Fsp3) is 0.364. The van der Waals surface area contributed by atoms with Gasteiger partial charge >= 0.3 is 0 Å².